The van der Waals surface area contributed by atoms with E-state index in [2.05, 4.69) is 54.8 Å². The van der Waals surface area contributed by atoms with E-state index in [9.17, 15) is 10.2 Å². The number of hydrogen-bond acceptors (Lipinski definition) is 2. The van der Waals surface area contributed by atoms with Crippen LogP contribution in [0.3, 0.4) is 0 Å². The minimum atomic E-state index is -0.594. The van der Waals surface area contributed by atoms with Crippen molar-refractivity contribution in [3.8, 4) is 5.75 Å². The fourth-order valence-electron chi connectivity index (χ4n) is 4.39. The Balaban J connectivity index is 1.79. The first-order valence-corrected chi connectivity index (χ1v) is 10.7. The van der Waals surface area contributed by atoms with Crippen molar-refractivity contribution in [1.29, 1.82) is 0 Å². The Hall–Kier alpha value is -3.04. The molecule has 0 aliphatic carbocycles. The van der Waals surface area contributed by atoms with Crippen LogP contribution in [0.4, 0.5) is 0 Å². The van der Waals surface area contributed by atoms with Crippen LogP contribution in [0.25, 0.3) is 10.9 Å². The van der Waals surface area contributed by atoms with E-state index >= 15 is 0 Å². The summed E-state index contributed by atoms with van der Waals surface area (Å²) < 4.78 is 2.30. The third-order valence-electron chi connectivity index (χ3n) is 5.74. The van der Waals surface area contributed by atoms with E-state index in [4.69, 9.17) is 0 Å². The zero-order chi connectivity index (χ0) is 21.1. The third-order valence-corrected chi connectivity index (χ3v) is 5.74. The van der Waals surface area contributed by atoms with Crippen LogP contribution in [-0.2, 0) is 13.0 Å². The van der Waals surface area contributed by atoms with Gasteiger partial charge in [-0.2, -0.15) is 0 Å². The van der Waals surface area contributed by atoms with Crippen LogP contribution >= 0.6 is 0 Å². The number of nitrogens with zero attached hydrogens (tertiary/aromatic N) is 1. The fourth-order valence-corrected chi connectivity index (χ4v) is 4.39. The van der Waals surface area contributed by atoms with E-state index in [0.717, 1.165) is 35.1 Å². The average molecular weight is 400 g/mol. The smallest absolute Gasteiger partial charge is 0.116 e. The molecule has 0 saturated heterocycles. The highest BCUT2D eigenvalue weighted by atomic mass is 16.3. The lowest BCUT2D eigenvalue weighted by molar-refractivity contribution is 0.167. The van der Waals surface area contributed by atoms with Crippen LogP contribution in [0.15, 0.2) is 78.9 Å². The number of fused-ring (bicyclic) bond motifs is 1. The molecule has 4 rings (SSSR count). The Morgan fingerprint density at radius 3 is 2.10 bits per heavy atom. The van der Waals surface area contributed by atoms with Gasteiger partial charge in [-0.05, 0) is 48.1 Å². The molecular weight excluding hydrogens is 370 g/mol. The lowest BCUT2D eigenvalue weighted by Gasteiger charge is -2.18. The summed E-state index contributed by atoms with van der Waals surface area (Å²) in [6, 6.07) is 26.1. The second-order valence-corrected chi connectivity index (χ2v) is 8.27. The molecule has 1 heterocycles. The maximum Gasteiger partial charge on any atom is 0.116 e. The van der Waals surface area contributed by atoms with Crippen LogP contribution in [0, 0.1) is 0 Å². The molecule has 0 aliphatic heterocycles. The SMILES string of the molecule is CC(C)c1c(C(O)CCc2ccccc2)c2cc(O)ccc2n1Cc1ccccc1. The van der Waals surface area contributed by atoms with E-state index in [1.165, 1.54) is 11.1 Å². The maximum absolute atomic E-state index is 11.3. The minimum absolute atomic E-state index is 0.228. The van der Waals surface area contributed by atoms with Gasteiger partial charge in [-0.3, -0.25) is 0 Å². The summed E-state index contributed by atoms with van der Waals surface area (Å²) in [6.07, 6.45) is 0.858. The summed E-state index contributed by atoms with van der Waals surface area (Å²) in [7, 11) is 0. The molecule has 154 valence electrons. The molecule has 1 unspecified atom stereocenters. The van der Waals surface area contributed by atoms with Crippen molar-refractivity contribution in [1.82, 2.24) is 4.57 Å². The first-order chi connectivity index (χ1) is 14.5. The van der Waals surface area contributed by atoms with Gasteiger partial charge in [-0.15, -0.1) is 0 Å². The predicted molar refractivity (Wildman–Crippen MR) is 123 cm³/mol. The number of aryl methyl sites for hydroxylation is 1. The van der Waals surface area contributed by atoms with Gasteiger partial charge in [-0.25, -0.2) is 0 Å². The topological polar surface area (TPSA) is 45.4 Å². The monoisotopic (exact) mass is 399 g/mol. The molecule has 0 fully saturated rings. The molecule has 1 atom stereocenters. The zero-order valence-corrected chi connectivity index (χ0v) is 17.6. The van der Waals surface area contributed by atoms with Crippen LogP contribution < -0.4 is 0 Å². The van der Waals surface area contributed by atoms with Gasteiger partial charge >= 0.3 is 0 Å². The second kappa shape index (κ2) is 8.76. The van der Waals surface area contributed by atoms with Gasteiger partial charge < -0.3 is 14.8 Å². The number of aliphatic hydroxyl groups is 1. The summed E-state index contributed by atoms with van der Waals surface area (Å²) >= 11 is 0. The highest BCUT2D eigenvalue weighted by molar-refractivity contribution is 5.87. The largest absolute Gasteiger partial charge is 0.508 e. The van der Waals surface area contributed by atoms with Gasteiger partial charge in [0.05, 0.1) is 6.10 Å². The highest BCUT2D eigenvalue weighted by Gasteiger charge is 2.25. The second-order valence-electron chi connectivity index (χ2n) is 8.27. The number of aromatic nitrogens is 1. The van der Waals surface area contributed by atoms with Crippen molar-refractivity contribution in [2.75, 3.05) is 0 Å². The Morgan fingerprint density at radius 1 is 0.833 bits per heavy atom. The minimum Gasteiger partial charge on any atom is -0.508 e. The molecule has 0 aliphatic rings. The predicted octanol–water partition coefficient (Wildman–Crippen LogP) is 6.18. The van der Waals surface area contributed by atoms with Gasteiger partial charge in [-0.1, -0.05) is 74.5 Å². The van der Waals surface area contributed by atoms with Crippen molar-refractivity contribution < 1.29 is 10.2 Å². The van der Waals surface area contributed by atoms with E-state index < -0.39 is 6.10 Å². The summed E-state index contributed by atoms with van der Waals surface area (Å²) in [4.78, 5) is 0. The molecule has 0 spiro atoms. The molecule has 3 nitrogen and oxygen atoms in total. The lowest BCUT2D eigenvalue weighted by Crippen LogP contribution is -2.10. The highest BCUT2D eigenvalue weighted by Crippen LogP contribution is 2.39. The molecule has 3 aromatic carbocycles. The van der Waals surface area contributed by atoms with Crippen molar-refractivity contribution in [3.63, 3.8) is 0 Å². The summed E-state index contributed by atoms with van der Waals surface area (Å²) in [5, 5.41) is 22.4. The van der Waals surface area contributed by atoms with Crippen molar-refractivity contribution in [2.24, 2.45) is 0 Å². The molecule has 0 amide bonds. The zero-order valence-electron chi connectivity index (χ0n) is 17.6. The quantitative estimate of drug-likeness (QED) is 0.389. The lowest BCUT2D eigenvalue weighted by atomic mass is 9.95. The molecule has 3 heteroatoms. The molecule has 4 aromatic rings. The number of hydrogen-bond donors (Lipinski definition) is 2. The van der Waals surface area contributed by atoms with Crippen LogP contribution in [0.1, 0.15) is 54.7 Å². The Bertz CT molecular complexity index is 1110. The first-order valence-electron chi connectivity index (χ1n) is 10.7. The summed E-state index contributed by atoms with van der Waals surface area (Å²) in [5.41, 5.74) is 5.57. The van der Waals surface area contributed by atoms with Crippen molar-refractivity contribution in [3.05, 3.63) is 101 Å². The number of phenols is 1. The van der Waals surface area contributed by atoms with E-state index in [-0.39, 0.29) is 11.7 Å². The normalized spacial score (nSPS) is 12.5. The van der Waals surface area contributed by atoms with Gasteiger partial charge in [0.2, 0.25) is 0 Å². The summed E-state index contributed by atoms with van der Waals surface area (Å²) in [5.74, 6) is 0.468. The van der Waals surface area contributed by atoms with Crippen LogP contribution in [0.5, 0.6) is 5.75 Å². The number of aliphatic hydroxyl groups excluding tert-OH is 1. The molecular formula is C27H29NO2. The van der Waals surface area contributed by atoms with Gasteiger partial charge in [0.25, 0.3) is 0 Å². The number of phenolic OH excluding ortho intramolecular Hbond substituents is 1. The van der Waals surface area contributed by atoms with Gasteiger partial charge in [0, 0.05) is 28.7 Å². The molecule has 30 heavy (non-hydrogen) atoms. The van der Waals surface area contributed by atoms with Gasteiger partial charge in [0.1, 0.15) is 5.75 Å². The Kier molecular flexibility index (Phi) is 5.91. The average Bonchev–Trinajstić information content (AvgIpc) is 3.07. The van der Waals surface area contributed by atoms with Crippen LogP contribution in [0.2, 0.25) is 0 Å². The van der Waals surface area contributed by atoms with Crippen LogP contribution in [-0.4, -0.2) is 14.8 Å². The molecule has 1 aromatic heterocycles. The Labute approximate surface area is 178 Å². The molecule has 0 radical (unpaired) electrons. The van der Waals surface area contributed by atoms with E-state index in [0.29, 0.717) is 6.42 Å². The van der Waals surface area contributed by atoms with Crippen molar-refractivity contribution >= 4 is 10.9 Å². The molecule has 0 saturated carbocycles. The fraction of sp³-hybridized carbons (Fsp3) is 0.259. The summed E-state index contributed by atoms with van der Waals surface area (Å²) in [6.45, 7) is 5.08. The van der Waals surface area contributed by atoms with Crippen molar-refractivity contribution in [2.45, 2.75) is 45.3 Å². The third kappa shape index (κ3) is 4.12. The number of benzene rings is 3. The van der Waals surface area contributed by atoms with E-state index in [1.807, 2.05) is 30.3 Å². The number of aromatic hydroxyl groups is 1. The maximum atomic E-state index is 11.3. The van der Waals surface area contributed by atoms with Gasteiger partial charge in [0.15, 0.2) is 0 Å². The molecule has 2 N–H and O–H groups in total. The Morgan fingerprint density at radius 2 is 1.47 bits per heavy atom. The molecule has 0 bridgehead atoms. The number of rotatable bonds is 7. The first kappa shape index (κ1) is 20.2. The van der Waals surface area contributed by atoms with E-state index in [1.54, 1.807) is 12.1 Å². The standard InChI is InChI=1S/C27H29NO2/c1-19(2)27-26(25(30)16-13-20-9-5-3-6-10-20)23-17-22(29)14-15-24(23)28(27)18-21-11-7-4-8-12-21/h3-12,14-15,17,19,25,29-30H,13,16,18H2,1-2H3.